The number of carbonyl (C=O) groups excluding carboxylic acids is 2. The van der Waals surface area contributed by atoms with Gasteiger partial charge in [0.2, 0.25) is 5.91 Å². The number of anilines is 2. The summed E-state index contributed by atoms with van der Waals surface area (Å²) >= 11 is 0. The minimum Gasteiger partial charge on any atom is -0.328 e. The maximum Gasteiger partial charge on any atom is 0.319 e. The molecule has 8 heteroatoms. The molecule has 0 spiro atoms. The van der Waals surface area contributed by atoms with Crippen LogP contribution in [0, 0.1) is 12.8 Å². The van der Waals surface area contributed by atoms with Crippen LogP contribution < -0.4 is 16.0 Å². The Kier molecular flexibility index (Phi) is 5.58. The van der Waals surface area contributed by atoms with E-state index in [1.165, 1.54) is 6.92 Å². The molecule has 0 aliphatic rings. The van der Waals surface area contributed by atoms with Gasteiger partial charge in [-0.2, -0.15) is 0 Å². The van der Waals surface area contributed by atoms with E-state index < -0.39 is 0 Å². The first kappa shape index (κ1) is 19.3. The molecule has 2 aromatic heterocycles. The van der Waals surface area contributed by atoms with Crippen LogP contribution >= 0.6 is 0 Å². The molecule has 0 aliphatic heterocycles. The highest BCUT2D eigenvalue weighted by Gasteiger charge is 2.23. The molecule has 1 aromatic carbocycles. The van der Waals surface area contributed by atoms with Gasteiger partial charge in [-0.3, -0.25) is 9.20 Å². The third kappa shape index (κ3) is 4.28. The van der Waals surface area contributed by atoms with E-state index in [4.69, 9.17) is 0 Å². The maximum absolute atomic E-state index is 12.6. The molecule has 2 heterocycles. The quantitative estimate of drug-likeness (QED) is 0.630. The van der Waals surface area contributed by atoms with Gasteiger partial charge in [-0.25, -0.2) is 4.79 Å². The van der Waals surface area contributed by atoms with Gasteiger partial charge in [-0.1, -0.05) is 26.0 Å². The summed E-state index contributed by atoms with van der Waals surface area (Å²) in [7, 11) is 0. The number of aryl methyl sites for hydroxylation is 1. The number of nitrogens with zero attached hydrogens (tertiary/aromatic N) is 3. The molecule has 3 N–H and O–H groups in total. The number of carbonyl (C=O) groups is 2. The lowest BCUT2D eigenvalue weighted by Gasteiger charge is -2.21. The molecule has 0 saturated heterocycles. The van der Waals surface area contributed by atoms with Crippen LogP contribution in [0.1, 0.15) is 38.2 Å². The van der Waals surface area contributed by atoms with E-state index in [-0.39, 0.29) is 23.9 Å². The first-order chi connectivity index (χ1) is 13.3. The van der Waals surface area contributed by atoms with Crippen LogP contribution in [-0.4, -0.2) is 26.5 Å². The second-order valence-corrected chi connectivity index (χ2v) is 7.02. The van der Waals surface area contributed by atoms with Crippen molar-refractivity contribution in [3.63, 3.8) is 0 Å². The molecular weight excluding hydrogens is 356 g/mol. The summed E-state index contributed by atoms with van der Waals surface area (Å²) in [5, 5.41) is 17.0. The highest BCUT2D eigenvalue weighted by molar-refractivity contribution is 5.93. The minimum atomic E-state index is -0.357. The van der Waals surface area contributed by atoms with Gasteiger partial charge in [-0.05, 0) is 42.7 Å². The van der Waals surface area contributed by atoms with E-state index in [0.29, 0.717) is 17.2 Å². The van der Waals surface area contributed by atoms with Gasteiger partial charge in [-0.15, -0.1) is 10.2 Å². The van der Waals surface area contributed by atoms with E-state index in [1.807, 2.05) is 55.6 Å². The van der Waals surface area contributed by atoms with Gasteiger partial charge in [0.25, 0.3) is 0 Å². The standard InChI is InChI=1S/C20H24N6O2/c1-12(2)18(19-25-24-17-7-5-6-10-26(17)19)23-20(28)22-15-9-8-13(3)16(11-15)21-14(4)27/h5-12,18H,1-4H3,(H,21,27)(H2,22,23,28). The van der Waals surface area contributed by atoms with Crippen LogP contribution in [0.25, 0.3) is 5.65 Å². The number of hydrogen-bond acceptors (Lipinski definition) is 4. The Bertz CT molecular complexity index is 1010. The first-order valence-electron chi connectivity index (χ1n) is 9.10. The zero-order chi connectivity index (χ0) is 20.3. The maximum atomic E-state index is 12.6. The van der Waals surface area contributed by atoms with Crippen molar-refractivity contribution in [3.8, 4) is 0 Å². The van der Waals surface area contributed by atoms with E-state index in [2.05, 4.69) is 26.1 Å². The highest BCUT2D eigenvalue weighted by Crippen LogP contribution is 2.23. The van der Waals surface area contributed by atoms with Crippen molar-refractivity contribution in [3.05, 3.63) is 54.0 Å². The molecule has 3 rings (SSSR count). The fourth-order valence-electron chi connectivity index (χ4n) is 2.93. The summed E-state index contributed by atoms with van der Waals surface area (Å²) in [6.45, 7) is 7.36. The highest BCUT2D eigenvalue weighted by atomic mass is 16.2. The second-order valence-electron chi connectivity index (χ2n) is 7.02. The average molecular weight is 380 g/mol. The van der Waals surface area contributed by atoms with Gasteiger partial charge >= 0.3 is 6.03 Å². The van der Waals surface area contributed by atoms with E-state index in [1.54, 1.807) is 12.1 Å². The number of aromatic nitrogens is 3. The van der Waals surface area contributed by atoms with Crippen molar-refractivity contribution in [1.29, 1.82) is 0 Å². The number of hydrogen-bond donors (Lipinski definition) is 3. The zero-order valence-corrected chi connectivity index (χ0v) is 16.4. The number of rotatable bonds is 5. The molecule has 0 aliphatic carbocycles. The summed E-state index contributed by atoms with van der Waals surface area (Å²) in [6.07, 6.45) is 1.87. The van der Waals surface area contributed by atoms with Crippen LogP contribution in [0.3, 0.4) is 0 Å². The number of benzene rings is 1. The Morgan fingerprint density at radius 2 is 1.86 bits per heavy atom. The lowest BCUT2D eigenvalue weighted by Crippen LogP contribution is -2.36. The lowest BCUT2D eigenvalue weighted by molar-refractivity contribution is -0.114. The Hall–Kier alpha value is -3.42. The zero-order valence-electron chi connectivity index (χ0n) is 16.4. The van der Waals surface area contributed by atoms with E-state index in [0.717, 1.165) is 11.2 Å². The van der Waals surface area contributed by atoms with Crippen LogP contribution in [0.5, 0.6) is 0 Å². The lowest BCUT2D eigenvalue weighted by atomic mass is 10.0. The predicted molar refractivity (Wildman–Crippen MR) is 108 cm³/mol. The summed E-state index contributed by atoms with van der Waals surface area (Å²) in [4.78, 5) is 23.9. The van der Waals surface area contributed by atoms with Gasteiger partial charge in [0.15, 0.2) is 11.5 Å². The van der Waals surface area contributed by atoms with E-state index in [9.17, 15) is 9.59 Å². The largest absolute Gasteiger partial charge is 0.328 e. The van der Waals surface area contributed by atoms with Crippen molar-refractivity contribution in [2.24, 2.45) is 5.92 Å². The molecule has 146 valence electrons. The van der Waals surface area contributed by atoms with Crippen LogP contribution in [-0.2, 0) is 4.79 Å². The van der Waals surface area contributed by atoms with E-state index >= 15 is 0 Å². The Morgan fingerprint density at radius 1 is 1.07 bits per heavy atom. The van der Waals surface area contributed by atoms with Gasteiger partial charge < -0.3 is 16.0 Å². The van der Waals surface area contributed by atoms with Crippen molar-refractivity contribution < 1.29 is 9.59 Å². The molecule has 1 unspecified atom stereocenters. The molecule has 28 heavy (non-hydrogen) atoms. The summed E-state index contributed by atoms with van der Waals surface area (Å²) in [5.41, 5.74) is 2.88. The fraction of sp³-hybridized carbons (Fsp3) is 0.300. The Morgan fingerprint density at radius 3 is 2.57 bits per heavy atom. The average Bonchev–Trinajstić information content (AvgIpc) is 3.05. The van der Waals surface area contributed by atoms with Crippen molar-refractivity contribution in [2.75, 3.05) is 10.6 Å². The minimum absolute atomic E-state index is 0.103. The molecular formula is C20H24N6O2. The molecule has 1 atom stereocenters. The Labute approximate surface area is 163 Å². The molecule has 8 nitrogen and oxygen atoms in total. The van der Waals surface area contributed by atoms with Crippen LogP contribution in [0.4, 0.5) is 16.2 Å². The monoisotopic (exact) mass is 380 g/mol. The summed E-state index contributed by atoms with van der Waals surface area (Å²) < 4.78 is 1.87. The van der Waals surface area contributed by atoms with Gasteiger partial charge in [0, 0.05) is 24.5 Å². The smallest absolute Gasteiger partial charge is 0.319 e. The summed E-state index contributed by atoms with van der Waals surface area (Å²) in [5.74, 6) is 0.609. The SMILES string of the molecule is CC(=O)Nc1cc(NC(=O)NC(c2nnc3ccccn23)C(C)C)ccc1C. The predicted octanol–water partition coefficient (Wildman–Crippen LogP) is 3.51. The third-order valence-corrected chi connectivity index (χ3v) is 4.38. The van der Waals surface area contributed by atoms with Crippen molar-refractivity contribution in [2.45, 2.75) is 33.7 Å². The van der Waals surface area contributed by atoms with Gasteiger partial charge in [0.1, 0.15) is 0 Å². The molecule has 0 saturated carbocycles. The number of nitrogens with one attached hydrogen (secondary N) is 3. The molecule has 3 amide bonds. The fourth-order valence-corrected chi connectivity index (χ4v) is 2.93. The molecule has 0 radical (unpaired) electrons. The second kappa shape index (κ2) is 8.08. The van der Waals surface area contributed by atoms with Crippen molar-refractivity contribution >= 4 is 29.0 Å². The van der Waals surface area contributed by atoms with Crippen LogP contribution in [0.2, 0.25) is 0 Å². The number of pyridine rings is 1. The first-order valence-corrected chi connectivity index (χ1v) is 9.10. The number of amides is 3. The molecule has 0 fully saturated rings. The number of fused-ring (bicyclic) bond motifs is 1. The molecule has 3 aromatic rings. The number of urea groups is 1. The van der Waals surface area contributed by atoms with Gasteiger partial charge in [0.05, 0.1) is 6.04 Å². The van der Waals surface area contributed by atoms with Crippen molar-refractivity contribution in [1.82, 2.24) is 19.9 Å². The topological polar surface area (TPSA) is 100 Å². The Balaban J connectivity index is 1.78. The van der Waals surface area contributed by atoms with Crippen LogP contribution in [0.15, 0.2) is 42.6 Å². The molecule has 0 bridgehead atoms. The summed E-state index contributed by atoms with van der Waals surface area (Å²) in [6, 6.07) is 10.3. The third-order valence-electron chi connectivity index (χ3n) is 4.38. The normalized spacial score (nSPS) is 12.0.